The van der Waals surface area contributed by atoms with Gasteiger partial charge in [0.15, 0.2) is 0 Å². The van der Waals surface area contributed by atoms with Crippen LogP contribution in [-0.4, -0.2) is 23.1 Å². The molecule has 0 aromatic heterocycles. The van der Waals surface area contributed by atoms with Gasteiger partial charge in [-0.15, -0.1) is 0 Å². The van der Waals surface area contributed by atoms with E-state index in [0.717, 1.165) is 5.56 Å². The first kappa shape index (κ1) is 12.0. The highest BCUT2D eigenvalue weighted by Crippen LogP contribution is 2.04. The number of rotatable bonds is 4. The maximum atomic E-state index is 10.7. The lowest BCUT2D eigenvalue weighted by molar-refractivity contribution is -0.158. The Morgan fingerprint density at radius 3 is 2.44 bits per heavy atom. The highest BCUT2D eigenvalue weighted by molar-refractivity contribution is 5.80. The number of hydrogen-bond donors (Lipinski definition) is 1. The maximum Gasteiger partial charge on any atom is 0.349 e. The summed E-state index contributed by atoms with van der Waals surface area (Å²) in [5.74, 6) is -1.81. The summed E-state index contributed by atoms with van der Waals surface area (Å²) in [5.41, 5.74) is 0.848. The van der Waals surface area contributed by atoms with Crippen molar-refractivity contribution in [2.45, 2.75) is 13.0 Å². The van der Waals surface area contributed by atoms with E-state index in [1.54, 1.807) is 6.08 Å². The van der Waals surface area contributed by atoms with Gasteiger partial charge in [-0.05, 0) is 11.6 Å². The van der Waals surface area contributed by atoms with Gasteiger partial charge in [-0.3, -0.25) is 4.79 Å². The Bertz CT molecular complexity index is 395. The molecular formula is C12H12O4. The summed E-state index contributed by atoms with van der Waals surface area (Å²) in [6, 6.07) is 9.17. The number of esters is 1. The highest BCUT2D eigenvalue weighted by Gasteiger charge is 2.16. The first-order valence-corrected chi connectivity index (χ1v) is 4.73. The van der Waals surface area contributed by atoms with Gasteiger partial charge in [0.1, 0.15) is 0 Å². The summed E-state index contributed by atoms with van der Waals surface area (Å²) in [6.07, 6.45) is 1.69. The highest BCUT2D eigenvalue weighted by atomic mass is 16.6. The third-order valence-corrected chi connectivity index (χ3v) is 1.80. The number of carboxylic acids is 1. The van der Waals surface area contributed by atoms with Crippen molar-refractivity contribution in [1.82, 2.24) is 0 Å². The van der Waals surface area contributed by atoms with Crippen LogP contribution < -0.4 is 0 Å². The standard InChI is InChI=1S/C12H12O4/c1-9(13)16-11(12(14)15)8-7-10-5-3-2-4-6-10/h2-8,11H,1H3,(H,14,15)/b8-7+/t11-/m0/s1. The average molecular weight is 220 g/mol. The molecule has 1 aromatic rings. The Hall–Kier alpha value is -2.10. The molecule has 0 amide bonds. The molecule has 1 aromatic carbocycles. The topological polar surface area (TPSA) is 63.6 Å². The summed E-state index contributed by atoms with van der Waals surface area (Å²) in [6.45, 7) is 1.17. The van der Waals surface area contributed by atoms with E-state index >= 15 is 0 Å². The molecule has 0 saturated carbocycles. The molecule has 0 saturated heterocycles. The van der Waals surface area contributed by atoms with Crippen LogP contribution >= 0.6 is 0 Å². The van der Waals surface area contributed by atoms with Crippen LogP contribution in [0.2, 0.25) is 0 Å². The van der Waals surface area contributed by atoms with E-state index in [-0.39, 0.29) is 0 Å². The van der Waals surface area contributed by atoms with Gasteiger partial charge in [0.2, 0.25) is 6.10 Å². The third-order valence-electron chi connectivity index (χ3n) is 1.80. The zero-order chi connectivity index (χ0) is 12.0. The van der Waals surface area contributed by atoms with E-state index in [1.165, 1.54) is 13.0 Å². The van der Waals surface area contributed by atoms with Crippen LogP contribution in [0.25, 0.3) is 6.08 Å². The second-order valence-electron chi connectivity index (χ2n) is 3.14. The van der Waals surface area contributed by atoms with Crippen LogP contribution in [0.15, 0.2) is 36.4 Å². The van der Waals surface area contributed by atoms with Gasteiger partial charge in [0.05, 0.1) is 0 Å². The Balaban J connectivity index is 2.72. The quantitative estimate of drug-likeness (QED) is 0.784. The van der Waals surface area contributed by atoms with Crippen LogP contribution in [0.3, 0.4) is 0 Å². The number of carboxylic acid groups (broad SMARTS) is 1. The lowest BCUT2D eigenvalue weighted by atomic mass is 10.2. The largest absolute Gasteiger partial charge is 0.478 e. The zero-order valence-electron chi connectivity index (χ0n) is 8.79. The average Bonchev–Trinajstić information content (AvgIpc) is 2.25. The normalized spacial score (nSPS) is 12.3. The van der Waals surface area contributed by atoms with E-state index < -0.39 is 18.0 Å². The Kier molecular flexibility index (Phi) is 4.27. The van der Waals surface area contributed by atoms with Crippen LogP contribution in [0, 0.1) is 0 Å². The molecule has 0 spiro atoms. The van der Waals surface area contributed by atoms with Crippen molar-refractivity contribution in [3.05, 3.63) is 42.0 Å². The molecule has 1 N–H and O–H groups in total. The molecule has 1 rings (SSSR count). The fourth-order valence-corrected chi connectivity index (χ4v) is 1.11. The molecule has 0 aliphatic heterocycles. The fourth-order valence-electron chi connectivity index (χ4n) is 1.11. The van der Waals surface area contributed by atoms with Gasteiger partial charge in [-0.25, -0.2) is 4.79 Å². The first-order chi connectivity index (χ1) is 7.59. The van der Waals surface area contributed by atoms with E-state index in [0.29, 0.717) is 0 Å². The van der Waals surface area contributed by atoms with Gasteiger partial charge in [-0.1, -0.05) is 36.4 Å². The van der Waals surface area contributed by atoms with Crippen molar-refractivity contribution in [1.29, 1.82) is 0 Å². The lowest BCUT2D eigenvalue weighted by Crippen LogP contribution is -2.23. The number of hydrogen-bond acceptors (Lipinski definition) is 3. The molecule has 0 unspecified atom stereocenters. The van der Waals surface area contributed by atoms with Gasteiger partial charge < -0.3 is 9.84 Å². The molecule has 0 radical (unpaired) electrons. The summed E-state index contributed by atoms with van der Waals surface area (Å²) in [5, 5.41) is 8.77. The monoisotopic (exact) mass is 220 g/mol. The minimum atomic E-state index is -1.24. The molecule has 0 aliphatic carbocycles. The smallest absolute Gasteiger partial charge is 0.349 e. The maximum absolute atomic E-state index is 10.7. The van der Waals surface area contributed by atoms with Gasteiger partial charge in [0.25, 0.3) is 0 Å². The summed E-state index contributed by atoms with van der Waals surface area (Å²) in [7, 11) is 0. The first-order valence-electron chi connectivity index (χ1n) is 4.73. The number of aliphatic carboxylic acids is 1. The third kappa shape index (κ3) is 3.96. The molecule has 0 bridgehead atoms. The second kappa shape index (κ2) is 5.70. The van der Waals surface area contributed by atoms with Crippen molar-refractivity contribution in [3.8, 4) is 0 Å². The molecule has 84 valence electrons. The summed E-state index contributed by atoms with van der Waals surface area (Å²) < 4.78 is 4.61. The molecule has 1 atom stereocenters. The minimum Gasteiger partial charge on any atom is -0.478 e. The predicted molar refractivity (Wildman–Crippen MR) is 58.7 cm³/mol. The molecule has 0 aliphatic rings. The number of carbonyl (C=O) groups is 2. The van der Waals surface area contributed by atoms with Crippen molar-refractivity contribution in [2.75, 3.05) is 0 Å². The van der Waals surface area contributed by atoms with E-state index in [2.05, 4.69) is 4.74 Å². The molecule has 4 heteroatoms. The number of benzene rings is 1. The van der Waals surface area contributed by atoms with E-state index in [9.17, 15) is 9.59 Å². The predicted octanol–water partition coefficient (Wildman–Crippen LogP) is 1.72. The van der Waals surface area contributed by atoms with Crippen molar-refractivity contribution in [2.24, 2.45) is 0 Å². The van der Waals surface area contributed by atoms with Gasteiger partial charge >= 0.3 is 11.9 Å². The SMILES string of the molecule is CC(=O)O[C@@H](/C=C/c1ccccc1)C(=O)O. The van der Waals surface area contributed by atoms with Crippen LogP contribution in [0.1, 0.15) is 12.5 Å². The fraction of sp³-hybridized carbons (Fsp3) is 0.167. The number of ether oxygens (including phenoxy) is 1. The minimum absolute atomic E-state index is 0.620. The Morgan fingerprint density at radius 2 is 1.94 bits per heavy atom. The number of carbonyl (C=O) groups excluding carboxylic acids is 1. The Labute approximate surface area is 93.2 Å². The van der Waals surface area contributed by atoms with Gasteiger partial charge in [0, 0.05) is 6.92 Å². The van der Waals surface area contributed by atoms with Gasteiger partial charge in [-0.2, -0.15) is 0 Å². The molecular weight excluding hydrogens is 208 g/mol. The molecule has 16 heavy (non-hydrogen) atoms. The summed E-state index contributed by atoms with van der Waals surface area (Å²) in [4.78, 5) is 21.4. The summed E-state index contributed by atoms with van der Waals surface area (Å²) >= 11 is 0. The Morgan fingerprint density at radius 1 is 1.31 bits per heavy atom. The lowest BCUT2D eigenvalue weighted by Gasteiger charge is -2.07. The molecule has 0 heterocycles. The van der Waals surface area contributed by atoms with Crippen LogP contribution in [0.5, 0.6) is 0 Å². The second-order valence-corrected chi connectivity index (χ2v) is 3.14. The van der Waals surface area contributed by atoms with Crippen LogP contribution in [-0.2, 0) is 14.3 Å². The van der Waals surface area contributed by atoms with Crippen LogP contribution in [0.4, 0.5) is 0 Å². The van der Waals surface area contributed by atoms with Crippen molar-refractivity contribution in [3.63, 3.8) is 0 Å². The van der Waals surface area contributed by atoms with E-state index in [1.807, 2.05) is 30.3 Å². The van der Waals surface area contributed by atoms with Crippen molar-refractivity contribution >= 4 is 18.0 Å². The molecule has 0 fully saturated rings. The van der Waals surface area contributed by atoms with E-state index in [4.69, 9.17) is 5.11 Å². The molecule has 4 nitrogen and oxygen atoms in total. The van der Waals surface area contributed by atoms with Crippen molar-refractivity contribution < 1.29 is 19.4 Å². The zero-order valence-corrected chi connectivity index (χ0v) is 8.79.